The maximum Gasteiger partial charge on any atom is 0.472 e. The Labute approximate surface area is 588 Å². The topological polar surface area (TPSA) is 237 Å². The fraction of sp³-hybridized carbons (Fsp3) is 0.948. The van der Waals surface area contributed by atoms with Gasteiger partial charge in [0.05, 0.1) is 26.4 Å². The summed E-state index contributed by atoms with van der Waals surface area (Å²) in [5, 5.41) is 10.6. The molecule has 5 atom stereocenters. The number of aliphatic hydroxyl groups excluding tert-OH is 1. The summed E-state index contributed by atoms with van der Waals surface area (Å²) in [6.45, 7) is 11.9. The zero-order valence-electron chi connectivity index (χ0n) is 62.8. The summed E-state index contributed by atoms with van der Waals surface area (Å²) in [5.74, 6) is 0.147. The van der Waals surface area contributed by atoms with E-state index in [9.17, 15) is 43.2 Å². The molecule has 0 rings (SSSR count). The Morgan fingerprint density at radius 1 is 0.281 bits per heavy atom. The fourth-order valence-electron chi connectivity index (χ4n) is 11.8. The number of carbonyl (C=O) groups excluding carboxylic acids is 4. The predicted molar refractivity (Wildman–Crippen MR) is 391 cm³/mol. The highest BCUT2D eigenvalue weighted by Crippen LogP contribution is 2.45. The summed E-state index contributed by atoms with van der Waals surface area (Å²) in [4.78, 5) is 72.8. The highest BCUT2D eigenvalue weighted by Gasteiger charge is 2.30. The summed E-state index contributed by atoms with van der Waals surface area (Å²) in [5.41, 5.74) is 0. The molecule has 17 nitrogen and oxygen atoms in total. The van der Waals surface area contributed by atoms with E-state index in [1.165, 1.54) is 199 Å². The molecule has 0 fully saturated rings. The Bertz CT molecular complexity index is 1870. The van der Waals surface area contributed by atoms with Gasteiger partial charge in [-0.1, -0.05) is 344 Å². The molecule has 0 aromatic rings. The molecule has 0 aromatic carbocycles. The lowest BCUT2D eigenvalue weighted by Crippen LogP contribution is -2.30. The van der Waals surface area contributed by atoms with Gasteiger partial charge < -0.3 is 33.8 Å². The summed E-state index contributed by atoms with van der Waals surface area (Å²) in [6, 6.07) is 0. The molecule has 3 N–H and O–H groups in total. The average molecular weight is 1410 g/mol. The Balaban J connectivity index is 5.23. The van der Waals surface area contributed by atoms with Crippen molar-refractivity contribution in [3.05, 3.63) is 0 Å². The molecular weight excluding hydrogens is 1260 g/mol. The van der Waals surface area contributed by atoms with E-state index < -0.39 is 97.5 Å². The first kappa shape index (κ1) is 94.1. The smallest absolute Gasteiger partial charge is 0.462 e. The standard InChI is InChI=1S/C77H150O17P2/c1-8-9-10-11-12-13-14-15-20-27-32-37-46-53-60-77(82)94-73(65-88-75(80)59-52-45-40-39-43-50-57-70(6)7)67-92-96(85,86)90-63-71(78)62-89-95(83,84)91-66-72(64-87-74(79)58-51-44-36-31-26-23-22-25-30-35-42-49-56-69(4)5)93-76(81)61-54-47-38-33-28-21-18-16-17-19-24-29-34-41-48-55-68(2)3/h68-73,78H,8-67H2,1-7H3,(H,83,84)(H,85,86)/t71-,72-,73-/m1/s1. The second kappa shape index (κ2) is 67.5. The van der Waals surface area contributed by atoms with Gasteiger partial charge in [0.2, 0.25) is 0 Å². The van der Waals surface area contributed by atoms with Crippen LogP contribution in [0.5, 0.6) is 0 Å². The highest BCUT2D eigenvalue weighted by atomic mass is 31.2. The van der Waals surface area contributed by atoms with Crippen LogP contribution in [0, 0.1) is 17.8 Å². The molecule has 0 bridgehead atoms. The highest BCUT2D eigenvalue weighted by molar-refractivity contribution is 7.47. The van der Waals surface area contributed by atoms with Crippen molar-refractivity contribution in [2.45, 2.75) is 414 Å². The molecule has 0 saturated heterocycles. The first-order chi connectivity index (χ1) is 46.2. The Kier molecular flexibility index (Phi) is 66.2. The molecule has 0 aliphatic heterocycles. The van der Waals surface area contributed by atoms with Gasteiger partial charge in [-0.3, -0.25) is 37.3 Å². The van der Waals surface area contributed by atoms with E-state index in [0.29, 0.717) is 31.6 Å². The van der Waals surface area contributed by atoms with Gasteiger partial charge in [0.15, 0.2) is 12.2 Å². The number of unbranched alkanes of at least 4 members (excludes halogenated alkanes) is 43. The molecule has 19 heteroatoms. The molecular formula is C77H150O17P2. The third kappa shape index (κ3) is 70.5. The van der Waals surface area contributed by atoms with Crippen LogP contribution < -0.4 is 0 Å². The molecule has 0 aliphatic carbocycles. The SMILES string of the molecule is CCCCCCCCCCCCCCCCC(=O)O[C@H](COC(=O)CCCCCCCCC(C)C)COP(=O)(O)OC[C@H](O)COP(=O)(O)OC[C@@H](COC(=O)CCCCCCCCCCCCCCC(C)C)OC(=O)CCCCCCCCCCCCCCCCCC(C)C. The summed E-state index contributed by atoms with van der Waals surface area (Å²) >= 11 is 0. The average Bonchev–Trinajstić information content (AvgIpc) is 1.16. The van der Waals surface area contributed by atoms with Crippen molar-refractivity contribution in [2.75, 3.05) is 39.6 Å². The first-order valence-corrected chi connectivity index (χ1v) is 42.8. The van der Waals surface area contributed by atoms with Crippen LogP contribution in [0.25, 0.3) is 0 Å². The van der Waals surface area contributed by atoms with Gasteiger partial charge in [-0.15, -0.1) is 0 Å². The van der Waals surface area contributed by atoms with Crippen LogP contribution in [-0.4, -0.2) is 96.7 Å². The summed E-state index contributed by atoms with van der Waals surface area (Å²) in [7, 11) is -9.91. The van der Waals surface area contributed by atoms with Gasteiger partial charge in [-0.05, 0) is 43.4 Å². The van der Waals surface area contributed by atoms with E-state index in [4.69, 9.17) is 37.0 Å². The van der Waals surface area contributed by atoms with Crippen molar-refractivity contribution in [1.29, 1.82) is 0 Å². The molecule has 2 unspecified atom stereocenters. The van der Waals surface area contributed by atoms with Crippen molar-refractivity contribution in [2.24, 2.45) is 17.8 Å². The monoisotopic (exact) mass is 1410 g/mol. The van der Waals surface area contributed by atoms with Crippen LogP contribution in [-0.2, 0) is 65.4 Å². The van der Waals surface area contributed by atoms with Gasteiger partial charge in [-0.2, -0.15) is 0 Å². The molecule has 0 amide bonds. The second-order valence-electron chi connectivity index (χ2n) is 29.2. The third-order valence-electron chi connectivity index (χ3n) is 17.9. The van der Waals surface area contributed by atoms with E-state index in [-0.39, 0.29) is 25.7 Å². The lowest BCUT2D eigenvalue weighted by Gasteiger charge is -2.21. The minimum Gasteiger partial charge on any atom is -0.462 e. The molecule has 0 spiro atoms. The fourth-order valence-corrected chi connectivity index (χ4v) is 13.4. The van der Waals surface area contributed by atoms with Crippen molar-refractivity contribution in [3.8, 4) is 0 Å². The van der Waals surface area contributed by atoms with Crippen molar-refractivity contribution < 1.29 is 80.2 Å². The zero-order chi connectivity index (χ0) is 70.9. The number of rotatable bonds is 75. The Hall–Kier alpha value is -1.94. The molecule has 0 heterocycles. The number of ether oxygens (including phenoxy) is 4. The van der Waals surface area contributed by atoms with Gasteiger partial charge in [0, 0.05) is 25.7 Å². The van der Waals surface area contributed by atoms with Crippen LogP contribution in [0.2, 0.25) is 0 Å². The minimum absolute atomic E-state index is 0.107. The normalized spacial score (nSPS) is 14.1. The van der Waals surface area contributed by atoms with Crippen LogP contribution in [0.4, 0.5) is 0 Å². The number of phosphoric acid groups is 2. The largest absolute Gasteiger partial charge is 0.472 e. The van der Waals surface area contributed by atoms with E-state index in [2.05, 4.69) is 48.5 Å². The molecule has 570 valence electrons. The number of esters is 4. The van der Waals surface area contributed by atoms with E-state index in [1.54, 1.807) is 0 Å². The number of hydrogen-bond donors (Lipinski definition) is 3. The van der Waals surface area contributed by atoms with E-state index >= 15 is 0 Å². The lowest BCUT2D eigenvalue weighted by atomic mass is 10.0. The molecule has 0 aromatic heterocycles. The van der Waals surface area contributed by atoms with Crippen LogP contribution in [0.1, 0.15) is 395 Å². The lowest BCUT2D eigenvalue weighted by molar-refractivity contribution is -0.161. The van der Waals surface area contributed by atoms with Crippen LogP contribution in [0.15, 0.2) is 0 Å². The minimum atomic E-state index is -4.96. The number of carbonyl (C=O) groups is 4. The molecule has 0 radical (unpaired) electrons. The molecule has 0 saturated carbocycles. The number of phosphoric ester groups is 2. The van der Waals surface area contributed by atoms with Crippen molar-refractivity contribution in [3.63, 3.8) is 0 Å². The zero-order valence-corrected chi connectivity index (χ0v) is 64.6. The van der Waals surface area contributed by atoms with Crippen LogP contribution >= 0.6 is 15.6 Å². The Morgan fingerprint density at radius 2 is 0.479 bits per heavy atom. The van der Waals surface area contributed by atoms with Gasteiger partial charge in [0.1, 0.15) is 19.3 Å². The van der Waals surface area contributed by atoms with Crippen molar-refractivity contribution >= 4 is 39.5 Å². The number of aliphatic hydroxyl groups is 1. The van der Waals surface area contributed by atoms with Gasteiger partial charge >= 0.3 is 39.5 Å². The van der Waals surface area contributed by atoms with Crippen LogP contribution in [0.3, 0.4) is 0 Å². The van der Waals surface area contributed by atoms with E-state index in [0.717, 1.165) is 108 Å². The molecule has 0 aliphatic rings. The van der Waals surface area contributed by atoms with E-state index in [1.807, 2.05) is 0 Å². The summed E-state index contributed by atoms with van der Waals surface area (Å²) in [6.07, 6.45) is 54.2. The quantitative estimate of drug-likeness (QED) is 0.0222. The third-order valence-corrected chi connectivity index (χ3v) is 19.8. The summed E-state index contributed by atoms with van der Waals surface area (Å²) < 4.78 is 68.5. The Morgan fingerprint density at radius 3 is 0.708 bits per heavy atom. The second-order valence-corrected chi connectivity index (χ2v) is 32.1. The molecule has 96 heavy (non-hydrogen) atoms. The van der Waals surface area contributed by atoms with Crippen molar-refractivity contribution in [1.82, 2.24) is 0 Å². The predicted octanol–water partition coefficient (Wildman–Crippen LogP) is 22.6. The maximum absolute atomic E-state index is 13.1. The first-order valence-electron chi connectivity index (χ1n) is 39.8. The number of hydrogen-bond acceptors (Lipinski definition) is 15. The van der Waals surface area contributed by atoms with Gasteiger partial charge in [-0.25, -0.2) is 9.13 Å². The maximum atomic E-state index is 13.1. The van der Waals surface area contributed by atoms with Gasteiger partial charge in [0.25, 0.3) is 0 Å².